The van der Waals surface area contributed by atoms with Crippen LogP contribution in [0, 0.1) is 5.92 Å². The lowest BCUT2D eigenvalue weighted by Gasteiger charge is -2.33. The van der Waals surface area contributed by atoms with Gasteiger partial charge in [0.25, 0.3) is 0 Å². The molecular weight excluding hydrogens is 298 g/mol. The van der Waals surface area contributed by atoms with Crippen molar-refractivity contribution in [3.05, 3.63) is 33.3 Å². The summed E-state index contributed by atoms with van der Waals surface area (Å²) in [5.74, 6) is 1.35. The molecule has 3 heteroatoms. The molecule has 1 heterocycles. The van der Waals surface area contributed by atoms with E-state index >= 15 is 0 Å². The maximum atomic E-state index is 6.38. The van der Waals surface area contributed by atoms with Gasteiger partial charge in [0.1, 0.15) is 0 Å². The molecule has 2 atom stereocenters. The standard InChI is InChI=1S/C14H19BrClN/c1-2-3-10-9-17-7-6-12(10)13-5-4-11(15)8-14(13)16/h4-5,8,10,12,17H,2-3,6-7,9H2,1H3. The lowest BCUT2D eigenvalue weighted by Crippen LogP contribution is -2.35. The predicted octanol–water partition coefficient (Wildman–Crippen LogP) is 4.60. The van der Waals surface area contributed by atoms with E-state index < -0.39 is 0 Å². The van der Waals surface area contributed by atoms with E-state index in [2.05, 4.69) is 40.3 Å². The van der Waals surface area contributed by atoms with E-state index in [0.29, 0.717) is 5.92 Å². The Hall–Kier alpha value is -0.0500. The Bertz CT molecular complexity index is 378. The Morgan fingerprint density at radius 2 is 2.29 bits per heavy atom. The van der Waals surface area contributed by atoms with Crippen LogP contribution in [-0.4, -0.2) is 13.1 Å². The maximum Gasteiger partial charge on any atom is 0.0452 e. The predicted molar refractivity (Wildman–Crippen MR) is 77.8 cm³/mol. The van der Waals surface area contributed by atoms with E-state index in [1.807, 2.05) is 6.07 Å². The molecule has 0 radical (unpaired) electrons. The monoisotopic (exact) mass is 315 g/mol. The van der Waals surface area contributed by atoms with Crippen LogP contribution in [0.15, 0.2) is 22.7 Å². The molecule has 1 fully saturated rings. The van der Waals surface area contributed by atoms with Crippen LogP contribution in [-0.2, 0) is 0 Å². The molecule has 2 rings (SSSR count). The van der Waals surface area contributed by atoms with Gasteiger partial charge in [0.15, 0.2) is 0 Å². The number of hydrogen-bond donors (Lipinski definition) is 1. The highest BCUT2D eigenvalue weighted by Crippen LogP contribution is 2.37. The average molecular weight is 317 g/mol. The van der Waals surface area contributed by atoms with Gasteiger partial charge >= 0.3 is 0 Å². The smallest absolute Gasteiger partial charge is 0.0452 e. The first-order valence-electron chi connectivity index (χ1n) is 6.38. The lowest BCUT2D eigenvalue weighted by molar-refractivity contribution is 0.307. The average Bonchev–Trinajstić information content (AvgIpc) is 2.31. The van der Waals surface area contributed by atoms with Gasteiger partial charge < -0.3 is 5.32 Å². The van der Waals surface area contributed by atoms with Crippen LogP contribution in [0.2, 0.25) is 5.02 Å². The van der Waals surface area contributed by atoms with E-state index in [4.69, 9.17) is 11.6 Å². The van der Waals surface area contributed by atoms with Crippen LogP contribution in [0.3, 0.4) is 0 Å². The van der Waals surface area contributed by atoms with Gasteiger partial charge in [0.05, 0.1) is 0 Å². The van der Waals surface area contributed by atoms with Crippen molar-refractivity contribution in [3.63, 3.8) is 0 Å². The molecular formula is C14H19BrClN. The first kappa shape index (κ1) is 13.4. The van der Waals surface area contributed by atoms with Gasteiger partial charge in [0, 0.05) is 9.50 Å². The van der Waals surface area contributed by atoms with E-state index in [1.165, 1.54) is 24.8 Å². The van der Waals surface area contributed by atoms with Crippen molar-refractivity contribution in [1.29, 1.82) is 0 Å². The molecule has 1 aliphatic rings. The molecule has 0 aromatic heterocycles. The molecule has 1 N–H and O–H groups in total. The third kappa shape index (κ3) is 3.24. The van der Waals surface area contributed by atoms with Gasteiger partial charge in [-0.25, -0.2) is 0 Å². The highest BCUT2D eigenvalue weighted by Gasteiger charge is 2.27. The molecule has 0 spiro atoms. The topological polar surface area (TPSA) is 12.0 Å². The zero-order chi connectivity index (χ0) is 12.3. The molecule has 1 saturated heterocycles. The Labute approximate surface area is 117 Å². The summed E-state index contributed by atoms with van der Waals surface area (Å²) >= 11 is 9.85. The third-order valence-corrected chi connectivity index (χ3v) is 4.45. The van der Waals surface area contributed by atoms with Gasteiger partial charge in [0.2, 0.25) is 0 Å². The molecule has 1 aromatic carbocycles. The molecule has 0 aliphatic carbocycles. The fourth-order valence-corrected chi connectivity index (χ4v) is 3.62. The Morgan fingerprint density at radius 1 is 1.47 bits per heavy atom. The molecule has 1 aromatic rings. The Kier molecular flexibility index (Phi) is 4.89. The minimum absolute atomic E-state index is 0.622. The van der Waals surface area contributed by atoms with Crippen molar-refractivity contribution in [2.75, 3.05) is 13.1 Å². The molecule has 1 aliphatic heterocycles. The highest BCUT2D eigenvalue weighted by molar-refractivity contribution is 9.10. The van der Waals surface area contributed by atoms with Crippen LogP contribution in [0.4, 0.5) is 0 Å². The van der Waals surface area contributed by atoms with Gasteiger partial charge in [-0.15, -0.1) is 0 Å². The van der Waals surface area contributed by atoms with Crippen molar-refractivity contribution in [3.8, 4) is 0 Å². The minimum Gasteiger partial charge on any atom is -0.316 e. The summed E-state index contributed by atoms with van der Waals surface area (Å²) in [5, 5.41) is 4.41. The molecule has 2 unspecified atom stereocenters. The second-order valence-corrected chi connectivity index (χ2v) is 6.14. The van der Waals surface area contributed by atoms with Gasteiger partial charge in [-0.1, -0.05) is 46.9 Å². The van der Waals surface area contributed by atoms with E-state index in [-0.39, 0.29) is 0 Å². The zero-order valence-electron chi connectivity index (χ0n) is 10.2. The summed E-state index contributed by atoms with van der Waals surface area (Å²) in [7, 11) is 0. The van der Waals surface area contributed by atoms with Crippen molar-refractivity contribution in [1.82, 2.24) is 5.32 Å². The fourth-order valence-electron chi connectivity index (χ4n) is 2.81. The summed E-state index contributed by atoms with van der Waals surface area (Å²) in [5.41, 5.74) is 1.33. The SMILES string of the molecule is CCCC1CNCCC1c1ccc(Br)cc1Cl. The first-order valence-corrected chi connectivity index (χ1v) is 7.55. The molecule has 17 heavy (non-hydrogen) atoms. The quantitative estimate of drug-likeness (QED) is 0.859. The third-order valence-electron chi connectivity index (χ3n) is 3.63. The highest BCUT2D eigenvalue weighted by atomic mass is 79.9. The lowest BCUT2D eigenvalue weighted by atomic mass is 9.79. The number of benzene rings is 1. The first-order chi connectivity index (χ1) is 8.22. The zero-order valence-corrected chi connectivity index (χ0v) is 12.5. The number of hydrogen-bond acceptors (Lipinski definition) is 1. The van der Waals surface area contributed by atoms with E-state index in [9.17, 15) is 0 Å². The summed E-state index contributed by atoms with van der Waals surface area (Å²) in [6, 6.07) is 6.30. The fraction of sp³-hybridized carbons (Fsp3) is 0.571. The Balaban J connectivity index is 2.23. The van der Waals surface area contributed by atoms with Crippen molar-refractivity contribution >= 4 is 27.5 Å². The summed E-state index contributed by atoms with van der Waals surface area (Å²) in [6.45, 7) is 4.50. The molecule has 0 saturated carbocycles. The number of rotatable bonds is 3. The molecule has 0 bridgehead atoms. The summed E-state index contributed by atoms with van der Waals surface area (Å²) in [6.07, 6.45) is 3.73. The molecule has 94 valence electrons. The van der Waals surface area contributed by atoms with Gasteiger partial charge in [-0.05, 0) is 55.5 Å². The molecule has 0 amide bonds. The van der Waals surface area contributed by atoms with Crippen LogP contribution < -0.4 is 5.32 Å². The summed E-state index contributed by atoms with van der Waals surface area (Å²) < 4.78 is 1.06. The number of piperidine rings is 1. The largest absolute Gasteiger partial charge is 0.316 e. The normalized spacial score (nSPS) is 24.9. The van der Waals surface area contributed by atoms with E-state index in [0.717, 1.165) is 28.5 Å². The van der Waals surface area contributed by atoms with Crippen LogP contribution in [0.25, 0.3) is 0 Å². The minimum atomic E-state index is 0.622. The van der Waals surface area contributed by atoms with Crippen LogP contribution in [0.5, 0.6) is 0 Å². The van der Waals surface area contributed by atoms with E-state index in [1.54, 1.807) is 0 Å². The van der Waals surface area contributed by atoms with Crippen molar-refractivity contribution in [2.45, 2.75) is 32.1 Å². The maximum absolute atomic E-state index is 6.38. The van der Waals surface area contributed by atoms with Crippen LogP contribution in [0.1, 0.15) is 37.7 Å². The molecule has 1 nitrogen and oxygen atoms in total. The Morgan fingerprint density at radius 3 is 3.00 bits per heavy atom. The van der Waals surface area contributed by atoms with Crippen LogP contribution >= 0.6 is 27.5 Å². The van der Waals surface area contributed by atoms with Gasteiger partial charge in [-0.3, -0.25) is 0 Å². The second kappa shape index (κ2) is 6.21. The number of halogens is 2. The van der Waals surface area contributed by atoms with Crippen molar-refractivity contribution < 1.29 is 0 Å². The van der Waals surface area contributed by atoms with Gasteiger partial charge in [-0.2, -0.15) is 0 Å². The van der Waals surface area contributed by atoms with Crippen molar-refractivity contribution in [2.24, 2.45) is 5.92 Å². The second-order valence-electron chi connectivity index (χ2n) is 4.81. The number of nitrogens with one attached hydrogen (secondary N) is 1. The summed E-state index contributed by atoms with van der Waals surface area (Å²) in [4.78, 5) is 0.